The van der Waals surface area contributed by atoms with Crippen LogP contribution < -0.4 is 14.8 Å². The molecule has 0 spiro atoms. The summed E-state index contributed by atoms with van der Waals surface area (Å²) in [5.41, 5.74) is 0.367. The van der Waals surface area contributed by atoms with Gasteiger partial charge in [-0.25, -0.2) is 4.68 Å². The molecule has 0 aliphatic carbocycles. The molecule has 0 fully saturated rings. The lowest BCUT2D eigenvalue weighted by molar-refractivity contribution is 0.102. The van der Waals surface area contributed by atoms with Crippen molar-refractivity contribution in [3.8, 4) is 11.5 Å². The van der Waals surface area contributed by atoms with Crippen molar-refractivity contribution in [2.24, 2.45) is 0 Å². The third-order valence-corrected chi connectivity index (χ3v) is 4.68. The van der Waals surface area contributed by atoms with E-state index in [1.807, 2.05) is 17.5 Å². The van der Waals surface area contributed by atoms with Crippen LogP contribution in [0.25, 0.3) is 0 Å². The van der Waals surface area contributed by atoms with Crippen LogP contribution in [0, 0.1) is 0 Å². The number of anilines is 1. The molecule has 1 amide bonds. The Labute approximate surface area is 153 Å². The molecule has 0 unspecified atom stereocenters. The summed E-state index contributed by atoms with van der Waals surface area (Å²) >= 11 is 7.80. The van der Waals surface area contributed by atoms with Crippen molar-refractivity contribution >= 4 is 34.7 Å². The molecule has 3 aromatic rings. The van der Waals surface area contributed by atoms with Gasteiger partial charge in [-0.05, 0) is 23.6 Å². The van der Waals surface area contributed by atoms with Gasteiger partial charge in [0.15, 0.2) is 11.5 Å². The highest BCUT2D eigenvalue weighted by Gasteiger charge is 2.16. The van der Waals surface area contributed by atoms with Crippen molar-refractivity contribution in [2.75, 3.05) is 19.5 Å². The van der Waals surface area contributed by atoms with Gasteiger partial charge >= 0.3 is 0 Å². The van der Waals surface area contributed by atoms with E-state index < -0.39 is 0 Å². The summed E-state index contributed by atoms with van der Waals surface area (Å²) in [6.45, 7) is 0.590. The average Bonchev–Trinajstić information content (AvgIpc) is 3.27. The second kappa shape index (κ2) is 7.58. The van der Waals surface area contributed by atoms with Gasteiger partial charge in [0.2, 0.25) is 0 Å². The number of rotatable bonds is 6. The van der Waals surface area contributed by atoms with Gasteiger partial charge < -0.3 is 14.8 Å². The molecule has 6 nitrogen and oxygen atoms in total. The summed E-state index contributed by atoms with van der Waals surface area (Å²) in [5.74, 6) is 1.08. The largest absolute Gasteiger partial charge is 0.493 e. The van der Waals surface area contributed by atoms with E-state index in [4.69, 9.17) is 21.1 Å². The predicted octanol–water partition coefficient (Wildman–Crippen LogP) is 3.92. The van der Waals surface area contributed by atoms with Gasteiger partial charge in [-0.15, -0.1) is 11.3 Å². The van der Waals surface area contributed by atoms with Crippen LogP contribution in [0.2, 0.25) is 5.02 Å². The number of amides is 1. The van der Waals surface area contributed by atoms with Crippen LogP contribution in [-0.4, -0.2) is 29.9 Å². The first kappa shape index (κ1) is 17.3. The zero-order chi connectivity index (χ0) is 17.8. The van der Waals surface area contributed by atoms with E-state index in [0.717, 1.165) is 4.88 Å². The van der Waals surface area contributed by atoms with E-state index >= 15 is 0 Å². The molecule has 0 aliphatic heterocycles. The fraction of sp³-hybridized carbons (Fsp3) is 0.176. The van der Waals surface area contributed by atoms with E-state index in [1.54, 1.807) is 34.3 Å². The van der Waals surface area contributed by atoms with Crippen LogP contribution in [-0.2, 0) is 6.54 Å². The zero-order valence-electron chi connectivity index (χ0n) is 13.7. The quantitative estimate of drug-likeness (QED) is 0.707. The van der Waals surface area contributed by atoms with E-state index in [2.05, 4.69) is 10.4 Å². The molecule has 25 heavy (non-hydrogen) atoms. The molecule has 0 saturated carbocycles. The maximum Gasteiger partial charge on any atom is 0.257 e. The number of benzene rings is 1. The topological polar surface area (TPSA) is 65.4 Å². The van der Waals surface area contributed by atoms with Crippen molar-refractivity contribution < 1.29 is 14.3 Å². The third-order valence-electron chi connectivity index (χ3n) is 3.54. The van der Waals surface area contributed by atoms with Crippen LogP contribution in [0.5, 0.6) is 11.5 Å². The molecule has 0 aliphatic rings. The summed E-state index contributed by atoms with van der Waals surface area (Å²) in [6, 6.07) is 8.87. The maximum atomic E-state index is 12.6. The SMILES string of the molecule is COc1cc(C(=O)Nc2ccnn2Cc2cccs2)cc(Cl)c1OC. The van der Waals surface area contributed by atoms with Crippen molar-refractivity contribution in [1.82, 2.24) is 9.78 Å². The number of carbonyl (C=O) groups is 1. The summed E-state index contributed by atoms with van der Waals surface area (Å²) in [7, 11) is 2.98. The van der Waals surface area contributed by atoms with Crippen molar-refractivity contribution in [3.63, 3.8) is 0 Å². The van der Waals surface area contributed by atoms with Gasteiger partial charge in [-0.2, -0.15) is 5.10 Å². The number of halogens is 1. The molecular weight excluding hydrogens is 362 g/mol. The number of hydrogen-bond donors (Lipinski definition) is 1. The van der Waals surface area contributed by atoms with Gasteiger partial charge in [0.25, 0.3) is 5.91 Å². The molecule has 8 heteroatoms. The minimum atomic E-state index is -0.309. The molecule has 1 aromatic carbocycles. The second-order valence-electron chi connectivity index (χ2n) is 5.10. The lowest BCUT2D eigenvalue weighted by Gasteiger charge is -2.12. The summed E-state index contributed by atoms with van der Waals surface area (Å²) in [6.07, 6.45) is 1.64. The Balaban J connectivity index is 1.81. The van der Waals surface area contributed by atoms with Gasteiger partial charge in [-0.3, -0.25) is 4.79 Å². The van der Waals surface area contributed by atoms with E-state index in [0.29, 0.717) is 34.4 Å². The highest BCUT2D eigenvalue weighted by Crippen LogP contribution is 2.36. The number of aromatic nitrogens is 2. The Morgan fingerprint density at radius 1 is 1.32 bits per heavy atom. The molecule has 0 bridgehead atoms. The van der Waals surface area contributed by atoms with E-state index in [1.165, 1.54) is 20.3 Å². The first-order valence-corrected chi connectivity index (χ1v) is 8.65. The predicted molar refractivity (Wildman–Crippen MR) is 98.2 cm³/mol. The lowest BCUT2D eigenvalue weighted by atomic mass is 10.2. The molecule has 3 rings (SSSR count). The monoisotopic (exact) mass is 377 g/mol. The number of methoxy groups -OCH3 is 2. The summed E-state index contributed by atoms with van der Waals surface area (Å²) < 4.78 is 12.1. The normalized spacial score (nSPS) is 10.5. The van der Waals surface area contributed by atoms with E-state index in [9.17, 15) is 4.79 Å². The van der Waals surface area contributed by atoms with Crippen LogP contribution in [0.15, 0.2) is 41.9 Å². The fourth-order valence-corrected chi connectivity index (χ4v) is 3.33. The minimum absolute atomic E-state index is 0.305. The van der Waals surface area contributed by atoms with Crippen LogP contribution in [0.4, 0.5) is 5.82 Å². The van der Waals surface area contributed by atoms with Crippen LogP contribution in [0.1, 0.15) is 15.2 Å². The fourth-order valence-electron chi connectivity index (χ4n) is 2.35. The Hall–Kier alpha value is -2.51. The first-order valence-electron chi connectivity index (χ1n) is 7.39. The average molecular weight is 378 g/mol. The van der Waals surface area contributed by atoms with Gasteiger partial charge in [-0.1, -0.05) is 17.7 Å². The lowest BCUT2D eigenvalue weighted by Crippen LogP contribution is -2.16. The second-order valence-corrected chi connectivity index (χ2v) is 6.54. The van der Waals surface area contributed by atoms with E-state index in [-0.39, 0.29) is 5.91 Å². The van der Waals surface area contributed by atoms with Crippen molar-refractivity contribution in [3.05, 3.63) is 57.4 Å². The minimum Gasteiger partial charge on any atom is -0.493 e. The summed E-state index contributed by atoms with van der Waals surface area (Å²) in [5, 5.41) is 9.41. The number of thiophene rings is 1. The zero-order valence-corrected chi connectivity index (χ0v) is 15.2. The van der Waals surface area contributed by atoms with Crippen LogP contribution >= 0.6 is 22.9 Å². The van der Waals surface area contributed by atoms with Crippen molar-refractivity contribution in [2.45, 2.75) is 6.54 Å². The molecule has 0 radical (unpaired) electrons. The number of nitrogens with zero attached hydrogens (tertiary/aromatic N) is 2. The van der Waals surface area contributed by atoms with Gasteiger partial charge in [0.1, 0.15) is 5.82 Å². The third kappa shape index (κ3) is 3.78. The number of ether oxygens (including phenoxy) is 2. The van der Waals surface area contributed by atoms with Gasteiger partial charge in [0, 0.05) is 16.5 Å². The molecule has 1 N–H and O–H groups in total. The summed E-state index contributed by atoms with van der Waals surface area (Å²) in [4.78, 5) is 13.7. The molecule has 2 heterocycles. The van der Waals surface area contributed by atoms with Crippen LogP contribution in [0.3, 0.4) is 0 Å². The number of hydrogen-bond acceptors (Lipinski definition) is 5. The highest BCUT2D eigenvalue weighted by molar-refractivity contribution is 7.09. The Bertz CT molecular complexity index is 877. The molecule has 0 atom stereocenters. The Morgan fingerprint density at radius 2 is 2.16 bits per heavy atom. The van der Waals surface area contributed by atoms with Crippen molar-refractivity contribution in [1.29, 1.82) is 0 Å². The Kier molecular flexibility index (Phi) is 5.25. The molecular formula is C17H16ClN3O3S. The Morgan fingerprint density at radius 3 is 2.84 bits per heavy atom. The molecule has 130 valence electrons. The first-order chi connectivity index (χ1) is 12.1. The highest BCUT2D eigenvalue weighted by atomic mass is 35.5. The van der Waals surface area contributed by atoms with Gasteiger partial charge in [0.05, 0.1) is 32.0 Å². The standard InChI is InChI=1S/C17H16ClN3O3S/c1-23-14-9-11(8-13(18)16(14)24-2)17(22)20-15-5-6-19-21(15)10-12-4-3-7-25-12/h3-9H,10H2,1-2H3,(H,20,22). The molecule has 0 saturated heterocycles. The molecule has 2 aromatic heterocycles. The maximum absolute atomic E-state index is 12.6. The smallest absolute Gasteiger partial charge is 0.257 e. The number of carbonyl (C=O) groups excluding carboxylic acids is 1. The number of nitrogens with one attached hydrogen (secondary N) is 1.